The number of methoxy groups -OCH3 is 1. The molecule has 1 aromatic carbocycles. The lowest BCUT2D eigenvalue weighted by Crippen LogP contribution is -2.25. The maximum Gasteiger partial charge on any atom is 0.407 e. The van der Waals surface area contributed by atoms with Crippen molar-refractivity contribution < 1.29 is 23.1 Å². The van der Waals surface area contributed by atoms with E-state index in [0.717, 1.165) is 18.5 Å². The predicted octanol–water partition coefficient (Wildman–Crippen LogP) is 4.61. The number of aromatic nitrogens is 1. The Morgan fingerprint density at radius 3 is 2.84 bits per heavy atom. The van der Waals surface area contributed by atoms with Crippen LogP contribution in [0.1, 0.15) is 25.5 Å². The van der Waals surface area contributed by atoms with Crippen LogP contribution in [0.15, 0.2) is 50.2 Å². The topological polar surface area (TPSA) is 107 Å². The van der Waals surface area contributed by atoms with E-state index in [1.807, 2.05) is 0 Å². The fourth-order valence-electron chi connectivity index (χ4n) is 3.59. The second-order valence-electron chi connectivity index (χ2n) is 7.06. The molecule has 4 rings (SSSR count). The zero-order valence-corrected chi connectivity index (χ0v) is 17.4. The molecule has 3 aromatic heterocycles. The lowest BCUT2D eigenvalue weighted by molar-refractivity contribution is 0.152. The van der Waals surface area contributed by atoms with Gasteiger partial charge in [0.2, 0.25) is 5.43 Å². The lowest BCUT2D eigenvalue weighted by Gasteiger charge is -2.05. The number of carbonyl (C=O) groups is 1. The molecule has 1 amide bonds. The van der Waals surface area contributed by atoms with Crippen molar-refractivity contribution in [2.45, 2.75) is 26.2 Å². The Hall–Kier alpha value is -3.68. The van der Waals surface area contributed by atoms with E-state index >= 15 is 0 Å². The minimum absolute atomic E-state index is 0.128. The summed E-state index contributed by atoms with van der Waals surface area (Å²) in [5.41, 5.74) is 2.25. The maximum absolute atomic E-state index is 13.3. The van der Waals surface area contributed by atoms with Gasteiger partial charge in [-0.15, -0.1) is 0 Å². The van der Waals surface area contributed by atoms with E-state index < -0.39 is 6.09 Å². The number of hydrogen-bond acceptors (Lipinski definition) is 6. The van der Waals surface area contributed by atoms with Gasteiger partial charge < -0.3 is 28.6 Å². The number of nitrogens with one attached hydrogen (secondary N) is 2. The summed E-state index contributed by atoms with van der Waals surface area (Å²) in [6.07, 6.45) is 3.32. The number of carbonyl (C=O) groups excluding carboxylic acids is 1. The normalized spacial score (nSPS) is 11.2. The summed E-state index contributed by atoms with van der Waals surface area (Å²) >= 11 is 0. The number of aromatic amines is 1. The molecule has 0 spiro atoms. The Bertz CT molecular complexity index is 1250. The molecule has 8 heteroatoms. The van der Waals surface area contributed by atoms with E-state index in [1.54, 1.807) is 50.6 Å². The van der Waals surface area contributed by atoms with Crippen LogP contribution >= 0.6 is 0 Å². The van der Waals surface area contributed by atoms with E-state index in [9.17, 15) is 9.59 Å². The molecule has 0 aliphatic rings. The Morgan fingerprint density at radius 2 is 2.10 bits per heavy atom. The largest absolute Gasteiger partial charge is 0.497 e. The number of furan rings is 1. The number of hydrogen-bond donors (Lipinski definition) is 2. The van der Waals surface area contributed by atoms with Crippen molar-refractivity contribution in [1.29, 1.82) is 0 Å². The first-order valence-electron chi connectivity index (χ1n) is 10.2. The Morgan fingerprint density at radius 1 is 1.23 bits per heavy atom. The molecule has 0 fully saturated rings. The third-order valence-corrected chi connectivity index (χ3v) is 5.07. The molecule has 2 N–H and O–H groups in total. The van der Waals surface area contributed by atoms with Crippen molar-refractivity contribution in [3.63, 3.8) is 0 Å². The smallest absolute Gasteiger partial charge is 0.407 e. The van der Waals surface area contributed by atoms with Crippen LogP contribution in [0, 0.1) is 0 Å². The van der Waals surface area contributed by atoms with Crippen LogP contribution in [0.25, 0.3) is 33.4 Å². The highest BCUT2D eigenvalue weighted by Crippen LogP contribution is 2.32. The van der Waals surface area contributed by atoms with Crippen LogP contribution < -0.4 is 15.5 Å². The van der Waals surface area contributed by atoms with Gasteiger partial charge in [-0.05, 0) is 50.5 Å². The van der Waals surface area contributed by atoms with Gasteiger partial charge in [0.05, 0.1) is 42.1 Å². The number of alkyl carbamates (subject to hydrolysis) is 1. The van der Waals surface area contributed by atoms with Gasteiger partial charge >= 0.3 is 6.09 Å². The van der Waals surface area contributed by atoms with Gasteiger partial charge in [0.25, 0.3) is 0 Å². The van der Waals surface area contributed by atoms with Crippen LogP contribution in [-0.4, -0.2) is 31.3 Å². The van der Waals surface area contributed by atoms with Gasteiger partial charge in [-0.3, -0.25) is 4.79 Å². The molecule has 0 atom stereocenters. The van der Waals surface area contributed by atoms with Crippen molar-refractivity contribution >= 4 is 28.0 Å². The SMILES string of the molecule is CCOC(=O)NCCCCc1[nH]c(-c2ccco2)c2c(=O)c3ccc(OC)cc3oc12. The second-order valence-corrected chi connectivity index (χ2v) is 7.06. The Labute approximate surface area is 178 Å². The van der Waals surface area contributed by atoms with Crippen LogP contribution in [0.2, 0.25) is 0 Å². The number of rotatable bonds is 8. The third-order valence-electron chi connectivity index (χ3n) is 5.07. The minimum Gasteiger partial charge on any atom is -0.497 e. The lowest BCUT2D eigenvalue weighted by atomic mass is 10.1. The van der Waals surface area contributed by atoms with Gasteiger partial charge in [-0.25, -0.2) is 4.79 Å². The zero-order chi connectivity index (χ0) is 21.8. The van der Waals surface area contributed by atoms with E-state index in [-0.39, 0.29) is 5.43 Å². The van der Waals surface area contributed by atoms with Crippen LogP contribution in [0.3, 0.4) is 0 Å². The molecule has 3 heterocycles. The monoisotopic (exact) mass is 424 g/mol. The molecule has 0 radical (unpaired) electrons. The van der Waals surface area contributed by atoms with E-state index in [0.29, 0.717) is 58.7 Å². The number of fused-ring (bicyclic) bond motifs is 2. The highest BCUT2D eigenvalue weighted by Gasteiger charge is 2.21. The van der Waals surface area contributed by atoms with Crippen LogP contribution in [0.4, 0.5) is 4.79 Å². The van der Waals surface area contributed by atoms with Crippen molar-refractivity contribution in [3.05, 3.63) is 52.5 Å². The first kappa shape index (κ1) is 20.6. The van der Waals surface area contributed by atoms with E-state index in [4.69, 9.17) is 18.3 Å². The maximum atomic E-state index is 13.3. The van der Waals surface area contributed by atoms with Crippen LogP contribution in [-0.2, 0) is 11.2 Å². The fourth-order valence-corrected chi connectivity index (χ4v) is 3.59. The Balaban J connectivity index is 1.67. The minimum atomic E-state index is -0.417. The molecule has 31 heavy (non-hydrogen) atoms. The molecule has 8 nitrogen and oxygen atoms in total. The van der Waals surface area contributed by atoms with Gasteiger partial charge in [-0.1, -0.05) is 0 Å². The first-order chi connectivity index (χ1) is 15.1. The number of benzene rings is 1. The molecular weight excluding hydrogens is 400 g/mol. The van der Waals surface area contributed by atoms with E-state index in [1.165, 1.54) is 0 Å². The molecule has 0 aliphatic heterocycles. The van der Waals surface area contributed by atoms with Crippen molar-refractivity contribution in [2.75, 3.05) is 20.3 Å². The summed E-state index contributed by atoms with van der Waals surface area (Å²) in [6, 6.07) is 8.73. The van der Waals surface area contributed by atoms with Crippen molar-refractivity contribution in [1.82, 2.24) is 10.3 Å². The number of aryl methyl sites for hydroxylation is 1. The Kier molecular flexibility index (Phi) is 5.97. The van der Waals surface area contributed by atoms with Crippen LogP contribution in [0.5, 0.6) is 5.75 Å². The predicted molar refractivity (Wildman–Crippen MR) is 117 cm³/mol. The summed E-state index contributed by atoms with van der Waals surface area (Å²) in [6.45, 7) is 2.61. The highest BCUT2D eigenvalue weighted by molar-refractivity contribution is 5.99. The van der Waals surface area contributed by atoms with Crippen molar-refractivity contribution in [2.24, 2.45) is 0 Å². The molecule has 0 bridgehead atoms. The molecule has 0 saturated carbocycles. The average Bonchev–Trinajstić information content (AvgIpc) is 3.42. The number of ether oxygens (including phenoxy) is 2. The third kappa shape index (κ3) is 4.14. The standard InChI is InChI=1S/C23H24N2O6/c1-3-29-23(27)24-11-5-4-7-16-22-19(20(25-16)17-8-6-12-30-17)21(26)15-10-9-14(28-2)13-18(15)31-22/h6,8-10,12-13,25H,3-5,7,11H2,1-2H3,(H,24,27). The molecule has 0 aliphatic carbocycles. The van der Waals surface area contributed by atoms with Gasteiger partial charge in [0.1, 0.15) is 11.3 Å². The fraction of sp³-hybridized carbons (Fsp3) is 0.304. The number of unbranched alkanes of at least 4 members (excludes halogenated alkanes) is 1. The first-order valence-corrected chi connectivity index (χ1v) is 10.2. The molecule has 0 saturated heterocycles. The summed E-state index contributed by atoms with van der Waals surface area (Å²) in [7, 11) is 1.57. The highest BCUT2D eigenvalue weighted by atomic mass is 16.5. The van der Waals surface area contributed by atoms with Gasteiger partial charge in [0.15, 0.2) is 11.3 Å². The average molecular weight is 424 g/mol. The molecule has 4 aromatic rings. The number of amides is 1. The van der Waals surface area contributed by atoms with Gasteiger partial charge in [-0.2, -0.15) is 0 Å². The second kappa shape index (κ2) is 8.99. The van der Waals surface area contributed by atoms with E-state index in [2.05, 4.69) is 10.3 Å². The quantitative estimate of drug-likeness (QED) is 0.400. The molecule has 0 unspecified atom stereocenters. The summed E-state index contributed by atoms with van der Waals surface area (Å²) < 4.78 is 21.8. The zero-order valence-electron chi connectivity index (χ0n) is 17.4. The summed E-state index contributed by atoms with van der Waals surface area (Å²) in [5, 5.41) is 3.65. The number of H-pyrrole nitrogens is 1. The van der Waals surface area contributed by atoms with Gasteiger partial charge in [0, 0.05) is 12.6 Å². The molecular formula is C23H24N2O6. The van der Waals surface area contributed by atoms with Crippen molar-refractivity contribution in [3.8, 4) is 17.2 Å². The summed E-state index contributed by atoms with van der Waals surface area (Å²) in [5.74, 6) is 1.18. The summed E-state index contributed by atoms with van der Waals surface area (Å²) in [4.78, 5) is 28.0. The molecule has 162 valence electrons.